The third-order valence-electron chi connectivity index (χ3n) is 0.611. The van der Waals surface area contributed by atoms with E-state index in [9.17, 15) is 9.59 Å². The van der Waals surface area contributed by atoms with Gasteiger partial charge in [-0.2, -0.15) is 25.3 Å². The minimum atomic E-state index is -0.881. The Morgan fingerprint density at radius 2 is 1.44 bits per heavy atom. The van der Waals surface area contributed by atoms with Crippen molar-refractivity contribution in [1.82, 2.24) is 0 Å². The first kappa shape index (κ1) is 21.6. The Balaban J connectivity index is -0.000000160. The molecular formula is C7H16O5S4. The average molecular weight is 308 g/mol. The number of hydrogen-bond acceptors (Lipinski definition) is 7. The molecule has 0 saturated carbocycles. The number of carbonyl (C=O) groups is 2. The Hall–Kier alpha value is 0.300. The summed E-state index contributed by atoms with van der Waals surface area (Å²) in [6, 6.07) is 0. The molecule has 0 aliphatic heterocycles. The Labute approximate surface area is 114 Å². The van der Waals surface area contributed by atoms with Crippen molar-refractivity contribution in [2.24, 2.45) is 0 Å². The van der Waals surface area contributed by atoms with Crippen molar-refractivity contribution >= 4 is 59.1 Å². The molecule has 16 heavy (non-hydrogen) atoms. The second-order valence-electron chi connectivity index (χ2n) is 2.00. The van der Waals surface area contributed by atoms with Crippen molar-refractivity contribution in [3.05, 3.63) is 0 Å². The molecule has 0 radical (unpaired) electrons. The Morgan fingerprint density at radius 1 is 1.12 bits per heavy atom. The van der Waals surface area contributed by atoms with Crippen LogP contribution in [0.3, 0.4) is 0 Å². The smallest absolute Gasteiger partial charge is 0.313 e. The van der Waals surface area contributed by atoms with E-state index >= 15 is 0 Å². The van der Waals surface area contributed by atoms with E-state index in [4.69, 9.17) is 14.8 Å². The van der Waals surface area contributed by atoms with Crippen molar-refractivity contribution in [3.8, 4) is 0 Å². The van der Waals surface area contributed by atoms with Gasteiger partial charge in [-0.3, -0.25) is 9.59 Å². The summed E-state index contributed by atoms with van der Waals surface area (Å²) in [5, 5.41) is 15.3. The van der Waals surface area contributed by atoms with Crippen LogP contribution in [0.15, 0.2) is 0 Å². The first-order chi connectivity index (χ1) is 7.45. The van der Waals surface area contributed by atoms with Gasteiger partial charge in [-0.25, -0.2) is 0 Å². The zero-order valence-electron chi connectivity index (χ0n) is 8.70. The molecule has 3 N–H and O–H groups in total. The number of aliphatic carboxylic acids is 2. The molecule has 0 unspecified atom stereocenters. The number of hydrogen-bond donors (Lipinski definition) is 5. The number of carboxylic acids is 2. The zero-order chi connectivity index (χ0) is 13.4. The Morgan fingerprint density at radius 3 is 1.50 bits per heavy atom. The standard InChI is InChI=1S/C3H8OS2.2C2H4O2S/c1-2-3-5-6-4;2*3-2(4)1-5/h4H,2-3H2,1H3;2*5H,1H2,(H,3,4). The fraction of sp³-hybridized carbons (Fsp3) is 0.714. The zero-order valence-corrected chi connectivity index (χ0v) is 12.1. The molecule has 0 aromatic heterocycles. The third-order valence-corrected chi connectivity index (χ3v) is 2.65. The molecule has 98 valence electrons. The van der Waals surface area contributed by atoms with Crippen molar-refractivity contribution in [2.45, 2.75) is 13.3 Å². The molecule has 0 aliphatic rings. The number of carboxylic acid groups (broad SMARTS) is 2. The molecule has 0 fully saturated rings. The monoisotopic (exact) mass is 308 g/mol. The van der Waals surface area contributed by atoms with Crippen LogP contribution in [0.2, 0.25) is 0 Å². The van der Waals surface area contributed by atoms with Crippen LogP contribution in [0, 0.1) is 0 Å². The lowest BCUT2D eigenvalue weighted by molar-refractivity contribution is -0.134. The summed E-state index contributed by atoms with van der Waals surface area (Å²) in [4.78, 5) is 18.6. The van der Waals surface area contributed by atoms with E-state index in [0.29, 0.717) is 0 Å². The molecule has 5 nitrogen and oxygen atoms in total. The lowest BCUT2D eigenvalue weighted by Crippen LogP contribution is -1.92. The predicted molar refractivity (Wildman–Crippen MR) is 75.9 cm³/mol. The van der Waals surface area contributed by atoms with Crippen LogP contribution in [-0.2, 0) is 9.59 Å². The van der Waals surface area contributed by atoms with Crippen molar-refractivity contribution in [3.63, 3.8) is 0 Å². The summed E-state index contributed by atoms with van der Waals surface area (Å²) in [6.07, 6.45) is 1.14. The van der Waals surface area contributed by atoms with Gasteiger partial charge in [0.1, 0.15) is 0 Å². The van der Waals surface area contributed by atoms with Gasteiger partial charge < -0.3 is 14.8 Å². The normalized spacial score (nSPS) is 8.00. The first-order valence-electron chi connectivity index (χ1n) is 4.04. The lowest BCUT2D eigenvalue weighted by atomic mass is 10.6. The predicted octanol–water partition coefficient (Wildman–Crippen LogP) is 2.25. The van der Waals surface area contributed by atoms with Gasteiger partial charge in [0, 0.05) is 5.75 Å². The molecule has 0 aromatic carbocycles. The second-order valence-corrected chi connectivity index (χ2v) is 4.58. The summed E-state index contributed by atoms with van der Waals surface area (Å²) in [5.41, 5.74) is 0. The summed E-state index contributed by atoms with van der Waals surface area (Å²) >= 11 is 7.67. The average Bonchev–Trinajstić information content (AvgIpc) is 2.27. The van der Waals surface area contributed by atoms with E-state index in [2.05, 4.69) is 32.2 Å². The van der Waals surface area contributed by atoms with Gasteiger partial charge in [-0.05, 0) is 6.42 Å². The molecule has 0 aliphatic carbocycles. The van der Waals surface area contributed by atoms with E-state index in [1.807, 2.05) is 0 Å². The summed E-state index contributed by atoms with van der Waals surface area (Å²) in [7, 11) is 1.48. The maximum atomic E-state index is 9.29. The van der Waals surface area contributed by atoms with E-state index < -0.39 is 11.9 Å². The van der Waals surface area contributed by atoms with Gasteiger partial charge in [0.15, 0.2) is 0 Å². The first-order valence-corrected chi connectivity index (χ1v) is 7.58. The van der Waals surface area contributed by atoms with Gasteiger partial charge in [0.2, 0.25) is 0 Å². The maximum Gasteiger partial charge on any atom is 0.313 e. The summed E-state index contributed by atoms with van der Waals surface area (Å²) in [6.45, 7) is 2.09. The van der Waals surface area contributed by atoms with Gasteiger partial charge in [0.05, 0.1) is 22.6 Å². The van der Waals surface area contributed by atoms with Crippen LogP contribution in [-0.4, -0.2) is 44.0 Å². The highest BCUT2D eigenvalue weighted by molar-refractivity contribution is 8.74. The minimum Gasteiger partial charge on any atom is -0.481 e. The van der Waals surface area contributed by atoms with Crippen molar-refractivity contribution in [1.29, 1.82) is 0 Å². The molecule has 0 saturated heterocycles. The maximum absolute atomic E-state index is 9.29. The highest BCUT2D eigenvalue weighted by Gasteiger charge is 1.82. The third kappa shape index (κ3) is 47.5. The molecule has 0 atom stereocenters. The molecule has 0 rings (SSSR count). The number of thiol groups is 2. The van der Waals surface area contributed by atoms with E-state index in [0.717, 1.165) is 23.2 Å². The fourth-order valence-electron chi connectivity index (χ4n) is 0.121. The quantitative estimate of drug-likeness (QED) is 0.230. The molecule has 0 heterocycles. The highest BCUT2D eigenvalue weighted by Crippen LogP contribution is 2.15. The second kappa shape index (κ2) is 20.7. The Bertz CT molecular complexity index is 149. The van der Waals surface area contributed by atoms with Crippen molar-refractivity contribution in [2.75, 3.05) is 17.3 Å². The van der Waals surface area contributed by atoms with E-state index in [1.54, 1.807) is 0 Å². The topological polar surface area (TPSA) is 94.8 Å². The van der Waals surface area contributed by atoms with Gasteiger partial charge in [-0.15, -0.1) is 0 Å². The minimum absolute atomic E-state index is 0.0833. The lowest BCUT2D eigenvalue weighted by Gasteiger charge is -1.84. The molecule has 9 heteroatoms. The van der Waals surface area contributed by atoms with Crippen molar-refractivity contribution < 1.29 is 24.4 Å². The van der Waals surface area contributed by atoms with Crippen LogP contribution in [0.4, 0.5) is 0 Å². The molecular weight excluding hydrogens is 292 g/mol. The molecule has 0 amide bonds. The summed E-state index contributed by atoms with van der Waals surface area (Å²) < 4.78 is 8.08. The van der Waals surface area contributed by atoms with Crippen LogP contribution in [0.1, 0.15) is 13.3 Å². The molecule has 0 bridgehead atoms. The van der Waals surface area contributed by atoms with E-state index in [-0.39, 0.29) is 11.5 Å². The number of rotatable bonds is 5. The van der Waals surface area contributed by atoms with Gasteiger partial charge in [-0.1, -0.05) is 17.7 Å². The van der Waals surface area contributed by atoms with Crippen LogP contribution in [0.25, 0.3) is 0 Å². The SMILES string of the molecule is CCCSSO.O=C(O)CS.O=C(O)CS. The van der Waals surface area contributed by atoms with Gasteiger partial charge in [0.25, 0.3) is 0 Å². The molecule has 0 aromatic rings. The van der Waals surface area contributed by atoms with Crippen LogP contribution >= 0.6 is 47.1 Å². The van der Waals surface area contributed by atoms with Crippen LogP contribution < -0.4 is 0 Å². The van der Waals surface area contributed by atoms with Gasteiger partial charge >= 0.3 is 11.9 Å². The largest absolute Gasteiger partial charge is 0.481 e. The molecule has 0 spiro atoms. The summed E-state index contributed by atoms with van der Waals surface area (Å²) in [5.74, 6) is -0.886. The Kier molecular flexibility index (Phi) is 27.9. The van der Waals surface area contributed by atoms with Crippen LogP contribution in [0.5, 0.6) is 0 Å². The van der Waals surface area contributed by atoms with E-state index in [1.165, 1.54) is 10.8 Å². The highest BCUT2D eigenvalue weighted by atomic mass is 33.1. The fourth-order valence-corrected chi connectivity index (χ4v) is 1.09.